The fourth-order valence-electron chi connectivity index (χ4n) is 2.47. The van der Waals surface area contributed by atoms with E-state index in [-0.39, 0.29) is 30.2 Å². The van der Waals surface area contributed by atoms with Gasteiger partial charge in [0.1, 0.15) is 6.61 Å². The number of halogens is 1. The Morgan fingerprint density at radius 2 is 2.15 bits per heavy atom. The van der Waals surface area contributed by atoms with Crippen LogP contribution in [-0.4, -0.2) is 30.7 Å². The quantitative estimate of drug-likeness (QED) is 0.605. The van der Waals surface area contributed by atoms with Crippen molar-refractivity contribution < 1.29 is 18.7 Å². The Balaban J connectivity index is 1.63. The number of anilines is 1. The van der Waals surface area contributed by atoms with Crippen molar-refractivity contribution in [1.82, 2.24) is 4.98 Å². The molecule has 1 aromatic heterocycles. The lowest BCUT2D eigenvalue weighted by atomic mass is 10.1. The molecule has 136 valence electrons. The monoisotopic (exact) mass is 374 g/mol. The van der Waals surface area contributed by atoms with Gasteiger partial charge < -0.3 is 14.8 Å². The van der Waals surface area contributed by atoms with Crippen molar-refractivity contribution in [3.8, 4) is 5.75 Å². The summed E-state index contributed by atoms with van der Waals surface area (Å²) in [4.78, 5) is 16.5. The van der Waals surface area contributed by atoms with Crippen LogP contribution in [0, 0.1) is 5.82 Å². The molecule has 0 aliphatic rings. The van der Waals surface area contributed by atoms with Crippen molar-refractivity contribution in [3.05, 3.63) is 53.3 Å². The van der Waals surface area contributed by atoms with Gasteiger partial charge in [-0.05, 0) is 31.2 Å². The molecular formula is C19H19FN2O3S. The smallest absolute Gasteiger partial charge is 0.228 e. The van der Waals surface area contributed by atoms with E-state index in [1.54, 1.807) is 29.8 Å². The van der Waals surface area contributed by atoms with Gasteiger partial charge in [0, 0.05) is 17.9 Å². The molecule has 0 saturated heterocycles. The molecule has 26 heavy (non-hydrogen) atoms. The molecule has 0 unspecified atom stereocenters. The fourth-order valence-corrected chi connectivity index (χ4v) is 3.19. The lowest BCUT2D eigenvalue weighted by Crippen LogP contribution is -2.15. The molecule has 2 aromatic carbocycles. The van der Waals surface area contributed by atoms with Crippen LogP contribution in [-0.2, 0) is 16.0 Å². The molecule has 0 radical (unpaired) electrons. The molecule has 7 heteroatoms. The number of ether oxygens (including phenoxy) is 2. The number of nitrogens with one attached hydrogen (secondary N) is 1. The van der Waals surface area contributed by atoms with E-state index < -0.39 is 5.82 Å². The summed E-state index contributed by atoms with van der Waals surface area (Å²) in [5.41, 5.74) is 3.59. The summed E-state index contributed by atoms with van der Waals surface area (Å²) in [6.07, 6.45) is -0.0742. The SMILES string of the molecule is CCOCCOc1cccc(CC(=O)Nc2ccc3ncsc3c2)c1F. The Morgan fingerprint density at radius 1 is 1.27 bits per heavy atom. The van der Waals surface area contributed by atoms with Crippen molar-refractivity contribution in [2.75, 3.05) is 25.1 Å². The molecule has 3 rings (SSSR count). The highest BCUT2D eigenvalue weighted by Gasteiger charge is 2.13. The molecule has 1 N–H and O–H groups in total. The van der Waals surface area contributed by atoms with Gasteiger partial charge in [-0.3, -0.25) is 4.79 Å². The van der Waals surface area contributed by atoms with E-state index in [9.17, 15) is 9.18 Å². The van der Waals surface area contributed by atoms with Crippen LogP contribution >= 0.6 is 11.3 Å². The minimum absolute atomic E-state index is 0.0742. The van der Waals surface area contributed by atoms with Crippen molar-refractivity contribution in [2.24, 2.45) is 0 Å². The van der Waals surface area contributed by atoms with Gasteiger partial charge in [-0.25, -0.2) is 9.37 Å². The van der Waals surface area contributed by atoms with Crippen molar-refractivity contribution in [3.63, 3.8) is 0 Å². The first kappa shape index (κ1) is 18.3. The van der Waals surface area contributed by atoms with E-state index in [2.05, 4.69) is 10.3 Å². The molecule has 0 atom stereocenters. The summed E-state index contributed by atoms with van der Waals surface area (Å²) >= 11 is 1.50. The summed E-state index contributed by atoms with van der Waals surface area (Å²) in [5, 5.41) is 2.79. The maximum atomic E-state index is 14.5. The zero-order valence-electron chi connectivity index (χ0n) is 14.3. The number of hydrogen-bond acceptors (Lipinski definition) is 5. The van der Waals surface area contributed by atoms with E-state index >= 15 is 0 Å². The van der Waals surface area contributed by atoms with Crippen molar-refractivity contribution in [1.29, 1.82) is 0 Å². The maximum Gasteiger partial charge on any atom is 0.228 e. The Labute approximate surface area is 154 Å². The largest absolute Gasteiger partial charge is 0.488 e. The second-order valence-electron chi connectivity index (χ2n) is 5.53. The van der Waals surface area contributed by atoms with Crippen LogP contribution in [0.4, 0.5) is 10.1 Å². The van der Waals surface area contributed by atoms with Crippen LogP contribution in [0.3, 0.4) is 0 Å². The highest BCUT2D eigenvalue weighted by molar-refractivity contribution is 7.16. The number of carbonyl (C=O) groups excluding carboxylic acids is 1. The van der Waals surface area contributed by atoms with E-state index in [4.69, 9.17) is 9.47 Å². The molecule has 3 aromatic rings. The Hall–Kier alpha value is -2.51. The minimum atomic E-state index is -0.517. The van der Waals surface area contributed by atoms with E-state index in [1.807, 2.05) is 19.1 Å². The number of aromatic nitrogens is 1. The van der Waals surface area contributed by atoms with Crippen LogP contribution in [0.1, 0.15) is 12.5 Å². The van der Waals surface area contributed by atoms with Crippen molar-refractivity contribution >= 4 is 33.1 Å². The first-order chi connectivity index (χ1) is 12.7. The summed E-state index contributed by atoms with van der Waals surface area (Å²) < 4.78 is 26.0. The number of benzene rings is 2. The topological polar surface area (TPSA) is 60.5 Å². The third kappa shape index (κ3) is 4.56. The predicted molar refractivity (Wildman–Crippen MR) is 100 cm³/mol. The Morgan fingerprint density at radius 3 is 3.00 bits per heavy atom. The highest BCUT2D eigenvalue weighted by atomic mass is 32.1. The van der Waals surface area contributed by atoms with E-state index in [0.29, 0.717) is 18.9 Å². The van der Waals surface area contributed by atoms with Gasteiger partial charge in [-0.2, -0.15) is 0 Å². The maximum absolute atomic E-state index is 14.5. The standard InChI is InChI=1S/C19H19FN2O3S/c1-2-24-8-9-25-16-5-3-4-13(19(16)20)10-18(23)22-14-6-7-15-17(11-14)26-12-21-15/h3-7,11-12H,2,8-10H2,1H3,(H,22,23). The molecule has 0 fully saturated rings. The Bertz CT molecular complexity index is 897. The summed E-state index contributed by atoms with van der Waals surface area (Å²) in [6, 6.07) is 10.3. The molecule has 0 bridgehead atoms. The molecule has 0 aliphatic heterocycles. The lowest BCUT2D eigenvalue weighted by Gasteiger charge is -2.10. The third-order valence-corrected chi connectivity index (χ3v) is 4.49. The number of thiazole rings is 1. The van der Waals surface area contributed by atoms with Gasteiger partial charge in [-0.1, -0.05) is 12.1 Å². The number of amides is 1. The minimum Gasteiger partial charge on any atom is -0.488 e. The van der Waals surface area contributed by atoms with Gasteiger partial charge in [0.15, 0.2) is 11.6 Å². The second kappa shape index (κ2) is 8.73. The van der Waals surface area contributed by atoms with Gasteiger partial charge in [0.05, 0.1) is 28.8 Å². The molecular weight excluding hydrogens is 355 g/mol. The van der Waals surface area contributed by atoms with Gasteiger partial charge in [0.25, 0.3) is 0 Å². The van der Waals surface area contributed by atoms with Crippen molar-refractivity contribution in [2.45, 2.75) is 13.3 Å². The van der Waals surface area contributed by atoms with Gasteiger partial charge >= 0.3 is 0 Å². The zero-order valence-corrected chi connectivity index (χ0v) is 15.1. The predicted octanol–water partition coefficient (Wildman–Crippen LogP) is 4.03. The summed E-state index contributed by atoms with van der Waals surface area (Å²) in [7, 11) is 0. The highest BCUT2D eigenvalue weighted by Crippen LogP contribution is 2.23. The molecule has 5 nitrogen and oxygen atoms in total. The Kier molecular flexibility index (Phi) is 6.14. The molecule has 0 aliphatic carbocycles. The first-order valence-corrected chi connectivity index (χ1v) is 9.16. The fraction of sp³-hybridized carbons (Fsp3) is 0.263. The van der Waals surface area contributed by atoms with Crippen LogP contribution < -0.4 is 10.1 Å². The third-order valence-electron chi connectivity index (χ3n) is 3.70. The second-order valence-corrected chi connectivity index (χ2v) is 6.42. The van der Waals surface area contributed by atoms with Crippen LogP contribution in [0.2, 0.25) is 0 Å². The van der Waals surface area contributed by atoms with Gasteiger partial charge in [0.2, 0.25) is 5.91 Å². The normalized spacial score (nSPS) is 10.8. The first-order valence-electron chi connectivity index (χ1n) is 8.28. The summed E-state index contributed by atoms with van der Waals surface area (Å²) in [5.74, 6) is -0.683. The van der Waals surface area contributed by atoms with E-state index in [0.717, 1.165) is 10.2 Å². The number of rotatable bonds is 8. The zero-order chi connectivity index (χ0) is 18.4. The average molecular weight is 374 g/mol. The van der Waals surface area contributed by atoms with E-state index in [1.165, 1.54) is 11.3 Å². The summed E-state index contributed by atoms with van der Waals surface area (Å²) in [6.45, 7) is 3.11. The lowest BCUT2D eigenvalue weighted by molar-refractivity contribution is -0.115. The van der Waals surface area contributed by atoms with Crippen LogP contribution in [0.5, 0.6) is 5.75 Å². The number of fused-ring (bicyclic) bond motifs is 1. The average Bonchev–Trinajstić information content (AvgIpc) is 3.09. The number of carbonyl (C=O) groups is 1. The van der Waals surface area contributed by atoms with Crippen LogP contribution in [0.25, 0.3) is 10.2 Å². The number of nitrogens with zero attached hydrogens (tertiary/aromatic N) is 1. The number of hydrogen-bond donors (Lipinski definition) is 1. The van der Waals surface area contributed by atoms with Crippen LogP contribution in [0.15, 0.2) is 41.9 Å². The van der Waals surface area contributed by atoms with Gasteiger partial charge in [-0.15, -0.1) is 11.3 Å². The molecule has 0 spiro atoms. The molecule has 1 amide bonds. The molecule has 1 heterocycles. The molecule has 0 saturated carbocycles.